The van der Waals surface area contributed by atoms with Gasteiger partial charge in [-0.2, -0.15) is 4.73 Å². The number of benzene rings is 2. The zero-order chi connectivity index (χ0) is 20.4. The minimum Gasteiger partial charge on any atom is -0.619 e. The van der Waals surface area contributed by atoms with Crippen molar-refractivity contribution in [3.05, 3.63) is 94.3 Å². The van der Waals surface area contributed by atoms with Crippen LogP contribution < -0.4 is 19.8 Å². The number of nitrogens with zero attached hydrogens (tertiary/aromatic N) is 2. The first kappa shape index (κ1) is 18.6. The standard InChI is InChI=1S/C23H20N2O4/c1-24-21(15-29-18-9-6-12-25(27)14-18)22(16-7-4-3-5-8-16)20-13-17(28-2)10-11-19(20)23(24)26/h3-14H,15H2,1-2H3. The summed E-state index contributed by atoms with van der Waals surface area (Å²) in [5, 5.41) is 12.9. The molecular weight excluding hydrogens is 368 g/mol. The van der Waals surface area contributed by atoms with Crippen LogP contribution in [0.3, 0.4) is 0 Å². The lowest BCUT2D eigenvalue weighted by atomic mass is 9.96. The SMILES string of the molecule is COc1ccc2c(=O)n(C)c(COc3ccc[n+]([O-])c3)c(-c3ccccc3)c2c1. The van der Waals surface area contributed by atoms with Crippen molar-refractivity contribution in [2.45, 2.75) is 6.61 Å². The van der Waals surface area contributed by atoms with Crippen molar-refractivity contribution in [2.75, 3.05) is 7.11 Å². The highest BCUT2D eigenvalue weighted by Gasteiger charge is 2.18. The molecule has 146 valence electrons. The molecule has 0 atom stereocenters. The molecule has 0 aliphatic carbocycles. The topological polar surface area (TPSA) is 67.4 Å². The summed E-state index contributed by atoms with van der Waals surface area (Å²) in [5.41, 5.74) is 2.45. The van der Waals surface area contributed by atoms with Gasteiger partial charge >= 0.3 is 0 Å². The highest BCUT2D eigenvalue weighted by atomic mass is 16.5. The third-order valence-corrected chi connectivity index (χ3v) is 4.91. The number of ether oxygens (including phenoxy) is 2. The van der Waals surface area contributed by atoms with Crippen molar-refractivity contribution in [1.82, 2.24) is 4.57 Å². The van der Waals surface area contributed by atoms with E-state index in [1.165, 1.54) is 12.4 Å². The minimum atomic E-state index is -0.118. The molecule has 2 aromatic carbocycles. The molecule has 2 aromatic heterocycles. The first-order valence-corrected chi connectivity index (χ1v) is 9.15. The van der Waals surface area contributed by atoms with Crippen molar-refractivity contribution in [3.8, 4) is 22.6 Å². The van der Waals surface area contributed by atoms with Crippen LogP contribution in [-0.4, -0.2) is 11.7 Å². The molecule has 0 unspecified atom stereocenters. The molecular formula is C23H20N2O4. The maximum Gasteiger partial charge on any atom is 0.258 e. The number of aromatic nitrogens is 2. The maximum absolute atomic E-state index is 13.0. The largest absolute Gasteiger partial charge is 0.619 e. The monoisotopic (exact) mass is 388 g/mol. The molecule has 0 aliphatic heterocycles. The second-order valence-electron chi connectivity index (χ2n) is 6.65. The summed E-state index contributed by atoms with van der Waals surface area (Å²) in [6, 6.07) is 18.6. The minimum absolute atomic E-state index is 0.118. The maximum atomic E-state index is 13.0. The van der Waals surface area contributed by atoms with Crippen LogP contribution in [0.2, 0.25) is 0 Å². The normalized spacial score (nSPS) is 10.8. The molecule has 0 radical (unpaired) electrons. The van der Waals surface area contributed by atoms with E-state index in [4.69, 9.17) is 9.47 Å². The van der Waals surface area contributed by atoms with Gasteiger partial charge in [-0.15, -0.1) is 0 Å². The summed E-state index contributed by atoms with van der Waals surface area (Å²) in [6.45, 7) is 0.132. The summed E-state index contributed by atoms with van der Waals surface area (Å²) in [5.74, 6) is 1.10. The van der Waals surface area contributed by atoms with E-state index in [1.807, 2.05) is 36.4 Å². The van der Waals surface area contributed by atoms with Gasteiger partial charge in [0, 0.05) is 29.4 Å². The smallest absolute Gasteiger partial charge is 0.258 e. The molecule has 0 bridgehead atoms. The van der Waals surface area contributed by atoms with E-state index in [2.05, 4.69) is 0 Å². The number of fused-ring (bicyclic) bond motifs is 1. The predicted octanol–water partition coefficient (Wildman–Crippen LogP) is 3.43. The lowest BCUT2D eigenvalue weighted by molar-refractivity contribution is -0.605. The molecule has 0 spiro atoms. The van der Waals surface area contributed by atoms with Crippen LogP contribution in [-0.2, 0) is 13.7 Å². The van der Waals surface area contributed by atoms with Gasteiger partial charge in [0.15, 0.2) is 11.9 Å². The van der Waals surface area contributed by atoms with Gasteiger partial charge in [-0.1, -0.05) is 30.3 Å². The molecule has 4 rings (SSSR count). The quantitative estimate of drug-likeness (QED) is 0.388. The molecule has 0 aliphatic rings. The van der Waals surface area contributed by atoms with E-state index < -0.39 is 0 Å². The predicted molar refractivity (Wildman–Crippen MR) is 111 cm³/mol. The van der Waals surface area contributed by atoms with Crippen LogP contribution >= 0.6 is 0 Å². The van der Waals surface area contributed by atoms with Gasteiger partial charge in [-0.05, 0) is 29.8 Å². The Bertz CT molecular complexity index is 1230. The molecule has 4 aromatic rings. The Kier molecular flexibility index (Phi) is 4.91. The summed E-state index contributed by atoms with van der Waals surface area (Å²) in [4.78, 5) is 13.0. The third-order valence-electron chi connectivity index (χ3n) is 4.91. The number of rotatable bonds is 5. The number of methoxy groups -OCH3 is 1. The Morgan fingerprint density at radius 1 is 1.00 bits per heavy atom. The van der Waals surface area contributed by atoms with E-state index in [0.717, 1.165) is 16.5 Å². The molecule has 0 N–H and O–H groups in total. The Hall–Kier alpha value is -3.80. The van der Waals surface area contributed by atoms with Crippen LogP contribution in [0.1, 0.15) is 5.69 Å². The molecule has 0 amide bonds. The van der Waals surface area contributed by atoms with Gasteiger partial charge in [-0.3, -0.25) is 4.79 Å². The van der Waals surface area contributed by atoms with E-state index in [0.29, 0.717) is 27.3 Å². The average Bonchev–Trinajstić information content (AvgIpc) is 2.75. The van der Waals surface area contributed by atoms with Crippen molar-refractivity contribution < 1.29 is 14.2 Å². The van der Waals surface area contributed by atoms with Crippen LogP contribution in [0.25, 0.3) is 21.9 Å². The summed E-state index contributed by atoms with van der Waals surface area (Å²) < 4.78 is 13.5. The van der Waals surface area contributed by atoms with Gasteiger partial charge < -0.3 is 19.2 Å². The average molecular weight is 388 g/mol. The van der Waals surface area contributed by atoms with Crippen LogP contribution in [0.15, 0.2) is 77.9 Å². The Labute approximate surface area is 167 Å². The van der Waals surface area contributed by atoms with Crippen molar-refractivity contribution in [3.63, 3.8) is 0 Å². The van der Waals surface area contributed by atoms with Gasteiger partial charge in [0.25, 0.3) is 5.56 Å². The Balaban J connectivity index is 1.94. The molecule has 0 saturated carbocycles. The Morgan fingerprint density at radius 3 is 2.52 bits per heavy atom. The van der Waals surface area contributed by atoms with Gasteiger partial charge in [0.05, 0.1) is 12.8 Å². The number of pyridine rings is 2. The second-order valence-corrected chi connectivity index (χ2v) is 6.65. The first-order valence-electron chi connectivity index (χ1n) is 9.15. The fraction of sp³-hybridized carbons (Fsp3) is 0.130. The van der Waals surface area contributed by atoms with Gasteiger partial charge in [0.1, 0.15) is 12.4 Å². The number of hydrogen-bond donors (Lipinski definition) is 0. The van der Waals surface area contributed by atoms with Crippen LogP contribution in [0.4, 0.5) is 0 Å². The molecule has 6 nitrogen and oxygen atoms in total. The lowest BCUT2D eigenvalue weighted by Crippen LogP contribution is -2.25. The summed E-state index contributed by atoms with van der Waals surface area (Å²) in [6.07, 6.45) is 2.74. The van der Waals surface area contributed by atoms with Gasteiger partial charge in [-0.25, -0.2) is 0 Å². The van der Waals surface area contributed by atoms with E-state index in [-0.39, 0.29) is 12.2 Å². The van der Waals surface area contributed by atoms with Crippen molar-refractivity contribution >= 4 is 10.8 Å². The zero-order valence-electron chi connectivity index (χ0n) is 16.2. The third kappa shape index (κ3) is 3.52. The van der Waals surface area contributed by atoms with E-state index in [1.54, 1.807) is 43.0 Å². The van der Waals surface area contributed by atoms with E-state index >= 15 is 0 Å². The molecule has 0 fully saturated rings. The zero-order valence-corrected chi connectivity index (χ0v) is 16.2. The molecule has 6 heteroatoms. The van der Waals surface area contributed by atoms with E-state index in [9.17, 15) is 10.0 Å². The second kappa shape index (κ2) is 7.67. The fourth-order valence-electron chi connectivity index (χ4n) is 3.44. The Morgan fingerprint density at radius 2 is 1.79 bits per heavy atom. The van der Waals surface area contributed by atoms with Gasteiger partial charge in [0.2, 0.25) is 6.20 Å². The van der Waals surface area contributed by atoms with Crippen LogP contribution in [0, 0.1) is 5.21 Å². The first-order chi connectivity index (χ1) is 14.1. The molecule has 29 heavy (non-hydrogen) atoms. The van der Waals surface area contributed by atoms with Crippen molar-refractivity contribution in [1.29, 1.82) is 0 Å². The highest BCUT2D eigenvalue weighted by Crippen LogP contribution is 2.33. The summed E-state index contributed by atoms with van der Waals surface area (Å²) in [7, 11) is 3.33. The van der Waals surface area contributed by atoms with Crippen molar-refractivity contribution in [2.24, 2.45) is 7.05 Å². The highest BCUT2D eigenvalue weighted by molar-refractivity contribution is 5.98. The van der Waals surface area contributed by atoms with Crippen LogP contribution in [0.5, 0.6) is 11.5 Å². The fourth-order valence-corrected chi connectivity index (χ4v) is 3.44. The summed E-state index contributed by atoms with van der Waals surface area (Å²) >= 11 is 0. The lowest BCUT2D eigenvalue weighted by Gasteiger charge is -2.18. The molecule has 0 saturated heterocycles. The molecule has 2 heterocycles. The number of hydrogen-bond acceptors (Lipinski definition) is 4.